The highest BCUT2D eigenvalue weighted by Gasteiger charge is 2.09. The van der Waals surface area contributed by atoms with Crippen molar-refractivity contribution < 1.29 is 9.90 Å². The van der Waals surface area contributed by atoms with Crippen molar-refractivity contribution in [3.8, 4) is 6.07 Å². The number of carboxylic acids is 1. The summed E-state index contributed by atoms with van der Waals surface area (Å²) in [6, 6.07) is 9.08. The smallest absolute Gasteiger partial charge is 0.335 e. The van der Waals surface area contributed by atoms with E-state index >= 15 is 0 Å². The van der Waals surface area contributed by atoms with Gasteiger partial charge in [-0.3, -0.25) is 4.90 Å². The fourth-order valence-electron chi connectivity index (χ4n) is 1.97. The Hall–Kier alpha value is -1.86. The lowest BCUT2D eigenvalue weighted by Gasteiger charge is -2.23. The molecule has 0 radical (unpaired) electrons. The second kappa shape index (κ2) is 7.55. The number of nitrogens with zero attached hydrogens (tertiary/aromatic N) is 2. The molecule has 4 nitrogen and oxygen atoms in total. The van der Waals surface area contributed by atoms with Crippen LogP contribution in [0.5, 0.6) is 0 Å². The SMILES string of the molecule is CC(C)CN(CCC#N)Cc1ccc(C(=O)O)cc1. The largest absolute Gasteiger partial charge is 0.478 e. The Balaban J connectivity index is 2.67. The van der Waals surface area contributed by atoms with Crippen LogP contribution in [0.1, 0.15) is 36.2 Å². The van der Waals surface area contributed by atoms with E-state index in [1.54, 1.807) is 12.1 Å². The van der Waals surface area contributed by atoms with E-state index in [1.807, 2.05) is 12.1 Å². The van der Waals surface area contributed by atoms with Crippen LogP contribution in [0.15, 0.2) is 24.3 Å². The third-order valence-corrected chi connectivity index (χ3v) is 2.77. The Kier molecular flexibility index (Phi) is 6.04. The third kappa shape index (κ3) is 5.54. The van der Waals surface area contributed by atoms with Crippen LogP contribution in [0, 0.1) is 17.2 Å². The molecule has 0 spiro atoms. The van der Waals surface area contributed by atoms with Gasteiger partial charge in [-0.1, -0.05) is 26.0 Å². The van der Waals surface area contributed by atoms with E-state index in [0.717, 1.165) is 25.2 Å². The molecule has 0 fully saturated rings. The second-order valence-electron chi connectivity index (χ2n) is 5.04. The monoisotopic (exact) mass is 260 g/mol. The quantitative estimate of drug-likeness (QED) is 0.818. The van der Waals surface area contributed by atoms with Crippen LogP contribution in [0.4, 0.5) is 0 Å². The summed E-state index contributed by atoms with van der Waals surface area (Å²) in [5.74, 6) is -0.368. The van der Waals surface area contributed by atoms with Crippen LogP contribution in [-0.4, -0.2) is 29.1 Å². The molecule has 4 heteroatoms. The van der Waals surface area contributed by atoms with Gasteiger partial charge in [0.2, 0.25) is 0 Å². The molecule has 1 N–H and O–H groups in total. The zero-order valence-corrected chi connectivity index (χ0v) is 11.5. The van der Waals surface area contributed by atoms with Gasteiger partial charge in [0.05, 0.1) is 11.6 Å². The van der Waals surface area contributed by atoms with E-state index in [-0.39, 0.29) is 0 Å². The molecule has 0 amide bonds. The van der Waals surface area contributed by atoms with Crippen molar-refractivity contribution >= 4 is 5.97 Å². The molecule has 1 aromatic rings. The van der Waals surface area contributed by atoms with E-state index in [9.17, 15) is 4.79 Å². The van der Waals surface area contributed by atoms with E-state index in [2.05, 4.69) is 24.8 Å². The first-order chi connectivity index (χ1) is 9.02. The number of hydrogen-bond donors (Lipinski definition) is 1. The van der Waals surface area contributed by atoms with Gasteiger partial charge in [-0.25, -0.2) is 4.79 Å². The Morgan fingerprint density at radius 2 is 2.00 bits per heavy atom. The normalized spacial score (nSPS) is 10.7. The van der Waals surface area contributed by atoms with Gasteiger partial charge >= 0.3 is 5.97 Å². The molecule has 1 aromatic carbocycles. The molecule has 0 aliphatic carbocycles. The number of aromatic carboxylic acids is 1. The third-order valence-electron chi connectivity index (χ3n) is 2.77. The highest BCUT2D eigenvalue weighted by atomic mass is 16.4. The van der Waals surface area contributed by atoms with Crippen LogP contribution >= 0.6 is 0 Å². The van der Waals surface area contributed by atoms with Crippen LogP contribution in [0.3, 0.4) is 0 Å². The standard InChI is InChI=1S/C15H20N2O2/c1-12(2)10-17(9-3-8-16)11-13-4-6-14(7-5-13)15(18)19/h4-7,12H,3,9-11H2,1-2H3,(H,18,19). The zero-order valence-electron chi connectivity index (χ0n) is 11.5. The maximum absolute atomic E-state index is 10.8. The molecule has 0 aromatic heterocycles. The number of nitriles is 1. The van der Waals surface area contributed by atoms with Gasteiger partial charge in [0.1, 0.15) is 0 Å². The van der Waals surface area contributed by atoms with E-state index < -0.39 is 5.97 Å². The van der Waals surface area contributed by atoms with Crippen LogP contribution < -0.4 is 0 Å². The summed E-state index contributed by atoms with van der Waals surface area (Å²) in [7, 11) is 0. The highest BCUT2D eigenvalue weighted by Crippen LogP contribution is 2.10. The van der Waals surface area contributed by atoms with Gasteiger partial charge in [-0.05, 0) is 23.6 Å². The average molecular weight is 260 g/mol. The van der Waals surface area contributed by atoms with Gasteiger partial charge in [0.15, 0.2) is 0 Å². The molecular weight excluding hydrogens is 240 g/mol. The molecule has 0 saturated heterocycles. The first-order valence-corrected chi connectivity index (χ1v) is 6.44. The summed E-state index contributed by atoms with van der Waals surface area (Å²) < 4.78 is 0. The van der Waals surface area contributed by atoms with E-state index in [1.165, 1.54) is 0 Å². The predicted molar refractivity (Wildman–Crippen MR) is 73.7 cm³/mol. The van der Waals surface area contributed by atoms with Crippen molar-refractivity contribution in [3.05, 3.63) is 35.4 Å². The number of rotatable bonds is 7. The fourth-order valence-corrected chi connectivity index (χ4v) is 1.97. The molecule has 0 saturated carbocycles. The van der Waals surface area contributed by atoms with Crippen molar-refractivity contribution in [2.24, 2.45) is 5.92 Å². The van der Waals surface area contributed by atoms with Gasteiger partial charge < -0.3 is 5.11 Å². The summed E-state index contributed by atoms with van der Waals surface area (Å²) in [4.78, 5) is 13.0. The maximum atomic E-state index is 10.8. The molecule has 1 rings (SSSR count). The minimum Gasteiger partial charge on any atom is -0.478 e. The van der Waals surface area contributed by atoms with Gasteiger partial charge in [0, 0.05) is 26.1 Å². The molecular formula is C15H20N2O2. The number of carboxylic acid groups (broad SMARTS) is 1. The van der Waals surface area contributed by atoms with Crippen molar-refractivity contribution in [3.63, 3.8) is 0 Å². The topological polar surface area (TPSA) is 64.3 Å². The van der Waals surface area contributed by atoms with Gasteiger partial charge in [0.25, 0.3) is 0 Å². The molecule has 0 atom stereocenters. The Labute approximate surface area is 114 Å². The van der Waals surface area contributed by atoms with Crippen molar-refractivity contribution in [1.29, 1.82) is 5.26 Å². The Bertz CT molecular complexity index is 446. The molecule has 0 heterocycles. The minimum atomic E-state index is -0.907. The fraction of sp³-hybridized carbons (Fsp3) is 0.467. The van der Waals surface area contributed by atoms with Gasteiger partial charge in [-0.2, -0.15) is 5.26 Å². The average Bonchev–Trinajstić information content (AvgIpc) is 2.36. The predicted octanol–water partition coefficient (Wildman–Crippen LogP) is 2.76. The maximum Gasteiger partial charge on any atom is 0.335 e. The van der Waals surface area contributed by atoms with Crippen LogP contribution in [-0.2, 0) is 6.54 Å². The van der Waals surface area contributed by atoms with Crippen molar-refractivity contribution in [2.45, 2.75) is 26.8 Å². The van der Waals surface area contributed by atoms with Crippen LogP contribution in [0.25, 0.3) is 0 Å². The van der Waals surface area contributed by atoms with E-state index in [4.69, 9.17) is 10.4 Å². The summed E-state index contributed by atoms with van der Waals surface area (Å²) in [5.41, 5.74) is 1.37. The number of carbonyl (C=O) groups is 1. The Morgan fingerprint density at radius 3 is 2.47 bits per heavy atom. The minimum absolute atomic E-state index is 0.302. The van der Waals surface area contributed by atoms with Crippen molar-refractivity contribution in [2.75, 3.05) is 13.1 Å². The number of benzene rings is 1. The van der Waals surface area contributed by atoms with Gasteiger partial charge in [-0.15, -0.1) is 0 Å². The summed E-state index contributed by atoms with van der Waals surface area (Å²) in [6.45, 7) is 6.72. The zero-order chi connectivity index (χ0) is 14.3. The first-order valence-electron chi connectivity index (χ1n) is 6.44. The molecule has 102 valence electrons. The molecule has 0 unspecified atom stereocenters. The second-order valence-corrected chi connectivity index (χ2v) is 5.04. The van der Waals surface area contributed by atoms with E-state index in [0.29, 0.717) is 17.9 Å². The van der Waals surface area contributed by atoms with Crippen molar-refractivity contribution in [1.82, 2.24) is 4.90 Å². The highest BCUT2D eigenvalue weighted by molar-refractivity contribution is 5.87. The molecule has 0 aliphatic rings. The lowest BCUT2D eigenvalue weighted by Crippen LogP contribution is -2.28. The molecule has 19 heavy (non-hydrogen) atoms. The lowest BCUT2D eigenvalue weighted by molar-refractivity contribution is 0.0697. The molecule has 0 bridgehead atoms. The van der Waals surface area contributed by atoms with Crippen LogP contribution in [0.2, 0.25) is 0 Å². The summed E-state index contributed by atoms with van der Waals surface area (Å²) in [6.07, 6.45) is 0.514. The first kappa shape index (κ1) is 15.2. The Morgan fingerprint density at radius 1 is 1.37 bits per heavy atom. The summed E-state index contributed by atoms with van der Waals surface area (Å²) >= 11 is 0. The molecule has 0 aliphatic heterocycles. The lowest BCUT2D eigenvalue weighted by atomic mass is 10.1. The summed E-state index contributed by atoms with van der Waals surface area (Å²) in [5, 5.41) is 17.5. The number of hydrogen-bond acceptors (Lipinski definition) is 3.